The minimum atomic E-state index is -0.212. The Morgan fingerprint density at radius 1 is 1.12 bits per heavy atom. The quantitative estimate of drug-likeness (QED) is 0.678. The first kappa shape index (κ1) is 16.5. The van der Waals surface area contributed by atoms with Crippen LogP contribution in [0.5, 0.6) is 5.75 Å². The molecule has 4 rings (SSSR count). The average molecular weight is 356 g/mol. The second-order valence-corrected chi connectivity index (χ2v) is 7.40. The fraction of sp³-hybridized carbons (Fsp3) is 0.300. The van der Waals surface area contributed by atoms with E-state index in [1.165, 1.54) is 32.0 Å². The van der Waals surface area contributed by atoms with Crippen LogP contribution < -0.4 is 4.74 Å². The first-order chi connectivity index (χ1) is 12.3. The number of nitrogens with zero attached hydrogens (tertiary/aromatic N) is 1. The molecule has 0 radical (unpaired) electrons. The molecule has 1 saturated heterocycles. The van der Waals surface area contributed by atoms with Crippen molar-refractivity contribution in [1.82, 2.24) is 9.88 Å². The van der Waals surface area contributed by atoms with E-state index in [0.29, 0.717) is 6.61 Å². The summed E-state index contributed by atoms with van der Waals surface area (Å²) in [5, 5.41) is 1.10. The lowest BCUT2D eigenvalue weighted by atomic mass is 10.2. The smallest absolute Gasteiger partial charge is 0.143 e. The number of nitrogens with one attached hydrogen (secondary N) is 1. The molecular formula is C20H21FN2OS. The van der Waals surface area contributed by atoms with E-state index in [-0.39, 0.29) is 5.82 Å². The van der Waals surface area contributed by atoms with E-state index in [0.717, 1.165) is 33.0 Å². The third-order valence-electron chi connectivity index (χ3n) is 4.53. The highest BCUT2D eigenvalue weighted by molar-refractivity contribution is 7.99. The lowest BCUT2D eigenvalue weighted by Crippen LogP contribution is -2.25. The molecule has 0 aliphatic carbocycles. The molecule has 0 saturated carbocycles. The Morgan fingerprint density at radius 2 is 1.96 bits per heavy atom. The van der Waals surface area contributed by atoms with Crippen LogP contribution in [0.4, 0.5) is 4.39 Å². The Hall–Kier alpha value is -1.98. The summed E-state index contributed by atoms with van der Waals surface area (Å²) in [4.78, 5) is 7.73. The number of benzene rings is 2. The van der Waals surface area contributed by atoms with Crippen LogP contribution in [0.3, 0.4) is 0 Å². The summed E-state index contributed by atoms with van der Waals surface area (Å²) in [6, 6.07) is 12.8. The van der Waals surface area contributed by atoms with E-state index < -0.39 is 0 Å². The maximum absolute atomic E-state index is 13.4. The van der Waals surface area contributed by atoms with Crippen LogP contribution in [-0.4, -0.2) is 36.1 Å². The van der Waals surface area contributed by atoms with E-state index in [1.807, 2.05) is 24.4 Å². The van der Waals surface area contributed by atoms with Gasteiger partial charge in [-0.15, -0.1) is 0 Å². The number of halogens is 1. The molecule has 1 aromatic heterocycles. The van der Waals surface area contributed by atoms with Gasteiger partial charge in [0, 0.05) is 27.9 Å². The first-order valence-corrected chi connectivity index (χ1v) is 9.50. The maximum Gasteiger partial charge on any atom is 0.143 e. The molecule has 0 amide bonds. The maximum atomic E-state index is 13.4. The number of rotatable bonds is 6. The van der Waals surface area contributed by atoms with Gasteiger partial charge in [0.1, 0.15) is 18.2 Å². The van der Waals surface area contributed by atoms with Gasteiger partial charge in [0.05, 0.1) is 5.52 Å². The molecule has 0 atom stereocenters. The first-order valence-electron chi connectivity index (χ1n) is 8.68. The zero-order valence-corrected chi connectivity index (χ0v) is 14.8. The number of ether oxygens (including phenoxy) is 1. The van der Waals surface area contributed by atoms with Gasteiger partial charge in [-0.1, -0.05) is 30.0 Å². The lowest BCUT2D eigenvalue weighted by molar-refractivity contribution is 0.239. The molecule has 1 fully saturated rings. The molecule has 25 heavy (non-hydrogen) atoms. The van der Waals surface area contributed by atoms with E-state index in [9.17, 15) is 4.39 Å². The van der Waals surface area contributed by atoms with Gasteiger partial charge in [0.2, 0.25) is 0 Å². The van der Waals surface area contributed by atoms with Crippen LogP contribution >= 0.6 is 11.8 Å². The highest BCUT2D eigenvalue weighted by atomic mass is 32.2. The highest BCUT2D eigenvalue weighted by Gasteiger charge is 2.13. The van der Waals surface area contributed by atoms with E-state index in [2.05, 4.69) is 16.0 Å². The van der Waals surface area contributed by atoms with Gasteiger partial charge in [-0.25, -0.2) is 4.39 Å². The Kier molecular flexibility index (Phi) is 4.95. The van der Waals surface area contributed by atoms with Crippen molar-refractivity contribution in [2.24, 2.45) is 0 Å². The number of H-pyrrole nitrogens is 1. The normalized spacial score (nSPS) is 15.1. The van der Waals surface area contributed by atoms with Gasteiger partial charge in [-0.2, -0.15) is 0 Å². The summed E-state index contributed by atoms with van der Waals surface area (Å²) < 4.78 is 19.4. The minimum Gasteiger partial charge on any atom is -0.490 e. The number of hydrogen-bond acceptors (Lipinski definition) is 3. The molecule has 3 nitrogen and oxygen atoms in total. The van der Waals surface area contributed by atoms with E-state index in [1.54, 1.807) is 23.9 Å². The Balaban J connectivity index is 1.49. The molecule has 3 aromatic rings. The molecule has 5 heteroatoms. The van der Waals surface area contributed by atoms with Crippen molar-refractivity contribution >= 4 is 22.7 Å². The van der Waals surface area contributed by atoms with Gasteiger partial charge in [-0.05, 0) is 50.2 Å². The summed E-state index contributed by atoms with van der Waals surface area (Å²) in [6.07, 6.45) is 4.56. The number of fused-ring (bicyclic) bond motifs is 1. The average Bonchev–Trinajstić information content (AvgIpc) is 3.26. The summed E-state index contributed by atoms with van der Waals surface area (Å²) in [6.45, 7) is 4.04. The SMILES string of the molecule is Fc1cccc(Sc2c[nH]c3c(OCCN4CCCC4)cccc23)c1. The van der Waals surface area contributed by atoms with Crippen LogP contribution in [0, 0.1) is 5.82 Å². The van der Waals surface area contributed by atoms with Crippen molar-refractivity contribution in [3.8, 4) is 5.75 Å². The van der Waals surface area contributed by atoms with Gasteiger partial charge < -0.3 is 9.72 Å². The summed E-state index contributed by atoms with van der Waals surface area (Å²) in [5.41, 5.74) is 1.00. The standard InChI is InChI=1S/C20H21FN2OS/c21-15-5-3-6-16(13-15)25-19-14-22-20-17(19)7-4-8-18(20)24-12-11-23-9-1-2-10-23/h3-8,13-14,22H,1-2,9-12H2. The molecule has 2 aromatic carbocycles. The molecule has 1 aliphatic rings. The van der Waals surface area contributed by atoms with Gasteiger partial charge in [0.25, 0.3) is 0 Å². The Morgan fingerprint density at radius 3 is 2.80 bits per heavy atom. The van der Waals surface area contributed by atoms with E-state index in [4.69, 9.17) is 4.74 Å². The number of aromatic nitrogens is 1. The monoisotopic (exact) mass is 356 g/mol. The van der Waals surface area contributed by atoms with Crippen LogP contribution in [0.2, 0.25) is 0 Å². The molecule has 0 unspecified atom stereocenters. The molecule has 1 N–H and O–H groups in total. The Labute approximate surface area is 151 Å². The minimum absolute atomic E-state index is 0.212. The van der Waals surface area contributed by atoms with Crippen LogP contribution in [0.15, 0.2) is 58.5 Å². The fourth-order valence-corrected chi connectivity index (χ4v) is 4.22. The summed E-state index contributed by atoms with van der Waals surface area (Å²) in [7, 11) is 0. The lowest BCUT2D eigenvalue weighted by Gasteiger charge is -2.15. The third-order valence-corrected chi connectivity index (χ3v) is 5.57. The van der Waals surface area contributed by atoms with Gasteiger partial charge >= 0.3 is 0 Å². The number of aromatic amines is 1. The zero-order valence-electron chi connectivity index (χ0n) is 14.0. The van der Waals surface area contributed by atoms with Crippen molar-refractivity contribution in [1.29, 1.82) is 0 Å². The molecule has 0 bridgehead atoms. The van der Waals surface area contributed by atoms with Crippen LogP contribution in [0.1, 0.15) is 12.8 Å². The fourth-order valence-electron chi connectivity index (χ4n) is 3.25. The largest absolute Gasteiger partial charge is 0.490 e. The van der Waals surface area contributed by atoms with E-state index >= 15 is 0 Å². The van der Waals surface area contributed by atoms with Gasteiger partial charge in [-0.3, -0.25) is 4.90 Å². The predicted octanol–water partition coefficient (Wildman–Crippen LogP) is 4.93. The Bertz CT molecular complexity index is 858. The molecule has 2 heterocycles. The third kappa shape index (κ3) is 3.83. The van der Waals surface area contributed by atoms with Crippen molar-refractivity contribution in [2.45, 2.75) is 22.6 Å². The summed E-state index contributed by atoms with van der Waals surface area (Å²) >= 11 is 1.56. The zero-order chi connectivity index (χ0) is 17.1. The van der Waals surface area contributed by atoms with Crippen LogP contribution in [-0.2, 0) is 0 Å². The van der Waals surface area contributed by atoms with Crippen molar-refractivity contribution in [3.63, 3.8) is 0 Å². The number of para-hydroxylation sites is 1. The molecule has 0 spiro atoms. The molecule has 130 valence electrons. The molecular weight excluding hydrogens is 335 g/mol. The van der Waals surface area contributed by atoms with Crippen molar-refractivity contribution in [3.05, 3.63) is 54.5 Å². The second-order valence-electron chi connectivity index (χ2n) is 6.29. The van der Waals surface area contributed by atoms with Crippen molar-refractivity contribution in [2.75, 3.05) is 26.2 Å². The number of likely N-dealkylation sites (tertiary alicyclic amines) is 1. The highest BCUT2D eigenvalue weighted by Crippen LogP contribution is 2.36. The topological polar surface area (TPSA) is 28.3 Å². The van der Waals surface area contributed by atoms with Crippen molar-refractivity contribution < 1.29 is 9.13 Å². The number of hydrogen-bond donors (Lipinski definition) is 1. The summed E-state index contributed by atoms with van der Waals surface area (Å²) in [5.74, 6) is 0.665. The molecule has 1 aliphatic heterocycles. The van der Waals surface area contributed by atoms with Crippen LogP contribution in [0.25, 0.3) is 10.9 Å². The van der Waals surface area contributed by atoms with Gasteiger partial charge in [0.15, 0.2) is 0 Å². The second kappa shape index (κ2) is 7.50. The predicted molar refractivity (Wildman–Crippen MR) is 100.0 cm³/mol.